The van der Waals surface area contributed by atoms with Crippen LogP contribution in [0.15, 0.2) is 11.6 Å². The molecule has 114 valence electrons. The molecule has 1 atom stereocenters. The Morgan fingerprint density at radius 1 is 1.40 bits per heavy atom. The van der Waals surface area contributed by atoms with Crippen LogP contribution in [0.25, 0.3) is 0 Å². The van der Waals surface area contributed by atoms with Crippen molar-refractivity contribution in [3.05, 3.63) is 11.6 Å². The Morgan fingerprint density at radius 3 is 3.00 bits per heavy atom. The number of nitrogens with one attached hydrogen (secondary N) is 1. The molecule has 2 heterocycles. The highest BCUT2D eigenvalue weighted by Gasteiger charge is 2.09. The highest BCUT2D eigenvalue weighted by atomic mass is 32.1. The van der Waals surface area contributed by atoms with Gasteiger partial charge in [-0.2, -0.15) is 0 Å². The Labute approximate surface area is 125 Å². The molecular formula is C14H25N3O2S. The van der Waals surface area contributed by atoms with Crippen molar-refractivity contribution in [2.75, 3.05) is 39.3 Å². The van der Waals surface area contributed by atoms with Gasteiger partial charge in [-0.1, -0.05) is 17.8 Å². The topological polar surface area (TPSA) is 57.6 Å². The molecule has 1 aliphatic heterocycles. The van der Waals surface area contributed by atoms with E-state index in [9.17, 15) is 5.11 Å². The van der Waals surface area contributed by atoms with Crippen molar-refractivity contribution in [2.24, 2.45) is 0 Å². The van der Waals surface area contributed by atoms with Crippen LogP contribution in [-0.4, -0.2) is 60.4 Å². The predicted octanol–water partition coefficient (Wildman–Crippen LogP) is 1.35. The molecule has 0 saturated carbocycles. The van der Waals surface area contributed by atoms with E-state index >= 15 is 0 Å². The number of hydrogen-bond acceptors (Lipinski definition) is 6. The number of nitrogens with zero attached hydrogens (tertiary/aromatic N) is 2. The molecule has 20 heavy (non-hydrogen) atoms. The first-order valence-electron chi connectivity index (χ1n) is 7.48. The lowest BCUT2D eigenvalue weighted by Gasteiger charge is -2.26. The first-order chi connectivity index (χ1) is 9.84. The number of likely N-dealkylation sites (tertiary alicyclic amines) is 1. The van der Waals surface area contributed by atoms with Crippen LogP contribution in [-0.2, 0) is 0 Å². The Kier molecular flexibility index (Phi) is 7.28. The van der Waals surface area contributed by atoms with E-state index in [1.807, 2.05) is 5.38 Å². The molecular weight excluding hydrogens is 274 g/mol. The fourth-order valence-corrected chi connectivity index (χ4v) is 2.88. The predicted molar refractivity (Wildman–Crippen MR) is 81.4 cm³/mol. The SMILES string of the molecule is OC(CNCCCN1CCCCC1)COc1nccs1. The summed E-state index contributed by atoms with van der Waals surface area (Å²) in [6, 6.07) is 0. The van der Waals surface area contributed by atoms with Gasteiger partial charge in [0, 0.05) is 18.1 Å². The van der Waals surface area contributed by atoms with Crippen LogP contribution in [0.3, 0.4) is 0 Å². The number of rotatable bonds is 9. The van der Waals surface area contributed by atoms with Crippen LogP contribution in [0, 0.1) is 0 Å². The van der Waals surface area contributed by atoms with Gasteiger partial charge in [-0.05, 0) is 45.4 Å². The quantitative estimate of drug-likeness (QED) is 0.674. The summed E-state index contributed by atoms with van der Waals surface area (Å²) in [7, 11) is 0. The first-order valence-corrected chi connectivity index (χ1v) is 8.36. The molecule has 1 aliphatic rings. The van der Waals surface area contributed by atoms with Crippen LogP contribution in [0.5, 0.6) is 5.19 Å². The molecule has 0 radical (unpaired) electrons. The lowest BCUT2D eigenvalue weighted by molar-refractivity contribution is 0.106. The maximum absolute atomic E-state index is 9.77. The summed E-state index contributed by atoms with van der Waals surface area (Å²) in [5.74, 6) is 0. The fraction of sp³-hybridized carbons (Fsp3) is 0.786. The third-order valence-corrected chi connectivity index (χ3v) is 4.15. The molecule has 0 aromatic carbocycles. The zero-order chi connectivity index (χ0) is 14.0. The van der Waals surface area contributed by atoms with Gasteiger partial charge in [0.2, 0.25) is 0 Å². The lowest BCUT2D eigenvalue weighted by atomic mass is 10.1. The minimum atomic E-state index is -0.478. The standard InChI is InChI=1S/C14H25N3O2S/c18-13(12-19-14-16-6-10-20-14)11-15-5-4-9-17-7-2-1-3-8-17/h6,10,13,15,18H,1-5,7-9,11-12H2. The second-order valence-electron chi connectivity index (χ2n) is 5.22. The van der Waals surface area contributed by atoms with Gasteiger partial charge < -0.3 is 20.1 Å². The summed E-state index contributed by atoms with van der Waals surface area (Å²) in [6.45, 7) is 5.50. The van der Waals surface area contributed by atoms with Crippen molar-refractivity contribution in [1.82, 2.24) is 15.2 Å². The molecule has 1 aromatic rings. The summed E-state index contributed by atoms with van der Waals surface area (Å²) in [4.78, 5) is 6.54. The Balaban J connectivity index is 1.43. The maximum Gasteiger partial charge on any atom is 0.273 e. The number of thiazole rings is 1. The average Bonchev–Trinajstić information content (AvgIpc) is 2.99. The normalized spacial score (nSPS) is 18.1. The molecule has 0 bridgehead atoms. The zero-order valence-corrected chi connectivity index (χ0v) is 12.8. The number of aliphatic hydroxyl groups is 1. The Morgan fingerprint density at radius 2 is 2.25 bits per heavy atom. The van der Waals surface area contributed by atoms with Crippen molar-refractivity contribution < 1.29 is 9.84 Å². The largest absolute Gasteiger partial charge is 0.467 e. The molecule has 5 nitrogen and oxygen atoms in total. The van der Waals surface area contributed by atoms with Gasteiger partial charge in [-0.25, -0.2) is 4.98 Å². The lowest BCUT2D eigenvalue weighted by Crippen LogP contribution is -2.35. The molecule has 2 rings (SSSR count). The first kappa shape index (κ1) is 15.7. The van der Waals surface area contributed by atoms with Gasteiger partial charge in [-0.3, -0.25) is 0 Å². The Hall–Kier alpha value is -0.690. The average molecular weight is 299 g/mol. The number of ether oxygens (including phenoxy) is 1. The van der Waals surface area contributed by atoms with Crippen molar-refractivity contribution >= 4 is 11.3 Å². The molecule has 1 saturated heterocycles. The maximum atomic E-state index is 9.77. The van der Waals surface area contributed by atoms with E-state index in [1.165, 1.54) is 50.2 Å². The van der Waals surface area contributed by atoms with Gasteiger partial charge in [-0.15, -0.1) is 0 Å². The fourth-order valence-electron chi connectivity index (χ4n) is 2.39. The van der Waals surface area contributed by atoms with E-state index < -0.39 is 6.10 Å². The molecule has 1 aromatic heterocycles. The van der Waals surface area contributed by atoms with Crippen molar-refractivity contribution in [3.8, 4) is 5.19 Å². The third kappa shape index (κ3) is 6.17. The molecule has 1 unspecified atom stereocenters. The number of hydrogen-bond donors (Lipinski definition) is 2. The van der Waals surface area contributed by atoms with Crippen LogP contribution >= 0.6 is 11.3 Å². The van der Waals surface area contributed by atoms with Crippen LogP contribution in [0.1, 0.15) is 25.7 Å². The summed E-state index contributed by atoms with van der Waals surface area (Å²) in [5.41, 5.74) is 0. The second kappa shape index (κ2) is 9.28. The molecule has 1 fully saturated rings. The smallest absolute Gasteiger partial charge is 0.273 e. The van der Waals surface area contributed by atoms with Gasteiger partial charge in [0.05, 0.1) is 0 Å². The summed E-state index contributed by atoms with van der Waals surface area (Å²) in [6.07, 6.45) is 6.44. The van der Waals surface area contributed by atoms with Crippen LogP contribution in [0.4, 0.5) is 0 Å². The van der Waals surface area contributed by atoms with Crippen LogP contribution < -0.4 is 10.1 Å². The molecule has 6 heteroatoms. The number of piperidine rings is 1. The van der Waals surface area contributed by atoms with Gasteiger partial charge in [0.15, 0.2) is 0 Å². The molecule has 0 spiro atoms. The van der Waals surface area contributed by atoms with Gasteiger partial charge >= 0.3 is 0 Å². The van der Waals surface area contributed by atoms with Crippen molar-refractivity contribution in [1.29, 1.82) is 0 Å². The zero-order valence-electron chi connectivity index (χ0n) is 12.0. The molecule has 0 amide bonds. The number of aromatic nitrogens is 1. The van der Waals surface area contributed by atoms with Crippen LogP contribution in [0.2, 0.25) is 0 Å². The monoisotopic (exact) mass is 299 g/mol. The van der Waals surface area contributed by atoms with Gasteiger partial charge in [0.1, 0.15) is 12.7 Å². The van der Waals surface area contributed by atoms with Gasteiger partial charge in [0.25, 0.3) is 5.19 Å². The van der Waals surface area contributed by atoms with E-state index in [-0.39, 0.29) is 0 Å². The van der Waals surface area contributed by atoms with E-state index in [4.69, 9.17) is 4.74 Å². The highest BCUT2D eigenvalue weighted by Crippen LogP contribution is 2.13. The van der Waals surface area contributed by atoms with E-state index in [0.717, 1.165) is 13.0 Å². The summed E-state index contributed by atoms with van der Waals surface area (Å²) < 4.78 is 5.37. The molecule has 2 N–H and O–H groups in total. The minimum absolute atomic E-state index is 0.298. The van der Waals surface area contributed by atoms with Crippen molar-refractivity contribution in [3.63, 3.8) is 0 Å². The third-order valence-electron chi connectivity index (χ3n) is 3.47. The van der Waals surface area contributed by atoms with E-state index in [2.05, 4.69) is 15.2 Å². The van der Waals surface area contributed by atoms with E-state index in [1.54, 1.807) is 6.20 Å². The highest BCUT2D eigenvalue weighted by molar-refractivity contribution is 7.11. The number of aliphatic hydroxyl groups excluding tert-OH is 1. The summed E-state index contributed by atoms with van der Waals surface area (Å²) >= 11 is 1.44. The van der Waals surface area contributed by atoms with Crippen molar-refractivity contribution in [2.45, 2.75) is 31.8 Å². The summed E-state index contributed by atoms with van der Waals surface area (Å²) in [5, 5.41) is 15.5. The van der Waals surface area contributed by atoms with E-state index in [0.29, 0.717) is 18.3 Å². The minimum Gasteiger partial charge on any atom is -0.467 e. The Bertz CT molecular complexity index is 342. The second-order valence-corrected chi connectivity index (χ2v) is 6.08. The molecule has 0 aliphatic carbocycles.